The molecule has 18 heavy (non-hydrogen) atoms. The molecule has 100 valence electrons. The monoisotopic (exact) mass is 251 g/mol. The Morgan fingerprint density at radius 2 is 2.11 bits per heavy atom. The highest BCUT2D eigenvalue weighted by Crippen LogP contribution is 2.33. The molecule has 3 heteroatoms. The molecule has 1 unspecified atom stereocenters. The number of ether oxygens (including phenoxy) is 1. The molecule has 1 fully saturated rings. The number of halogens is 1. The maximum absolute atomic E-state index is 13.5. The maximum Gasteiger partial charge on any atom is 0.126 e. The van der Waals surface area contributed by atoms with Gasteiger partial charge in [0.15, 0.2) is 0 Å². The standard InChI is InChI=1S/C15H22FNO/c1-2-18-14-8-11(9-14)7-13(17)10-12-5-3-4-6-15(12)16/h3-6,11,13-14H,2,7-10,17H2,1H3. The summed E-state index contributed by atoms with van der Waals surface area (Å²) >= 11 is 0. The summed E-state index contributed by atoms with van der Waals surface area (Å²) in [5, 5.41) is 0. The summed E-state index contributed by atoms with van der Waals surface area (Å²) in [5.41, 5.74) is 6.82. The Hall–Kier alpha value is -0.930. The zero-order valence-electron chi connectivity index (χ0n) is 10.9. The van der Waals surface area contributed by atoms with Gasteiger partial charge in [-0.05, 0) is 50.2 Å². The van der Waals surface area contributed by atoms with Crippen molar-refractivity contribution in [3.63, 3.8) is 0 Å². The van der Waals surface area contributed by atoms with Gasteiger partial charge in [-0.3, -0.25) is 0 Å². The third-order valence-electron chi connectivity index (χ3n) is 3.67. The molecule has 1 aliphatic carbocycles. The summed E-state index contributed by atoms with van der Waals surface area (Å²) < 4.78 is 19.0. The highest BCUT2D eigenvalue weighted by atomic mass is 19.1. The van der Waals surface area contributed by atoms with E-state index in [2.05, 4.69) is 0 Å². The maximum atomic E-state index is 13.5. The van der Waals surface area contributed by atoms with E-state index in [4.69, 9.17) is 10.5 Å². The summed E-state index contributed by atoms with van der Waals surface area (Å²) in [6, 6.07) is 6.94. The first-order valence-electron chi connectivity index (χ1n) is 6.79. The van der Waals surface area contributed by atoms with Crippen molar-refractivity contribution in [3.05, 3.63) is 35.6 Å². The molecule has 2 nitrogen and oxygen atoms in total. The Morgan fingerprint density at radius 3 is 2.78 bits per heavy atom. The molecule has 0 heterocycles. The molecule has 1 aliphatic rings. The van der Waals surface area contributed by atoms with Crippen molar-refractivity contribution in [1.29, 1.82) is 0 Å². The van der Waals surface area contributed by atoms with Crippen LogP contribution in [-0.2, 0) is 11.2 Å². The van der Waals surface area contributed by atoms with Crippen LogP contribution in [-0.4, -0.2) is 18.8 Å². The zero-order chi connectivity index (χ0) is 13.0. The molecule has 0 aliphatic heterocycles. The largest absolute Gasteiger partial charge is 0.378 e. The van der Waals surface area contributed by atoms with Gasteiger partial charge in [-0.2, -0.15) is 0 Å². The minimum Gasteiger partial charge on any atom is -0.378 e. The predicted molar refractivity (Wildman–Crippen MR) is 70.8 cm³/mol. The fourth-order valence-electron chi connectivity index (χ4n) is 2.70. The first-order valence-corrected chi connectivity index (χ1v) is 6.79. The zero-order valence-corrected chi connectivity index (χ0v) is 10.9. The fraction of sp³-hybridized carbons (Fsp3) is 0.600. The van der Waals surface area contributed by atoms with E-state index >= 15 is 0 Å². The molecule has 1 saturated carbocycles. The fourth-order valence-corrected chi connectivity index (χ4v) is 2.70. The average molecular weight is 251 g/mol. The summed E-state index contributed by atoms with van der Waals surface area (Å²) in [7, 11) is 0. The van der Waals surface area contributed by atoms with Crippen LogP contribution in [0.3, 0.4) is 0 Å². The van der Waals surface area contributed by atoms with Crippen LogP contribution in [0.1, 0.15) is 31.7 Å². The molecule has 1 aromatic rings. The van der Waals surface area contributed by atoms with Gasteiger partial charge in [0, 0.05) is 12.6 Å². The van der Waals surface area contributed by atoms with E-state index in [1.165, 1.54) is 6.07 Å². The van der Waals surface area contributed by atoms with Crippen LogP contribution < -0.4 is 5.73 Å². The van der Waals surface area contributed by atoms with E-state index in [1.807, 2.05) is 19.1 Å². The van der Waals surface area contributed by atoms with E-state index in [0.717, 1.165) is 31.4 Å². The summed E-state index contributed by atoms with van der Waals surface area (Å²) in [6.45, 7) is 2.82. The van der Waals surface area contributed by atoms with Crippen molar-refractivity contribution in [1.82, 2.24) is 0 Å². The van der Waals surface area contributed by atoms with E-state index in [1.54, 1.807) is 6.07 Å². The van der Waals surface area contributed by atoms with Gasteiger partial charge in [-0.25, -0.2) is 4.39 Å². The van der Waals surface area contributed by atoms with E-state index < -0.39 is 0 Å². The number of hydrogen-bond donors (Lipinski definition) is 1. The predicted octanol–water partition coefficient (Wildman–Crippen LogP) is 2.90. The van der Waals surface area contributed by atoms with Crippen molar-refractivity contribution in [2.45, 2.75) is 44.8 Å². The number of rotatable bonds is 6. The van der Waals surface area contributed by atoms with Gasteiger partial charge in [-0.15, -0.1) is 0 Å². The van der Waals surface area contributed by atoms with Gasteiger partial charge in [0.2, 0.25) is 0 Å². The molecule has 0 radical (unpaired) electrons. The topological polar surface area (TPSA) is 35.2 Å². The van der Waals surface area contributed by atoms with Crippen LogP contribution in [0.25, 0.3) is 0 Å². The lowest BCUT2D eigenvalue weighted by Gasteiger charge is -2.36. The lowest BCUT2D eigenvalue weighted by Crippen LogP contribution is -2.36. The summed E-state index contributed by atoms with van der Waals surface area (Å²) in [4.78, 5) is 0. The Bertz CT molecular complexity index is 377. The normalized spacial score (nSPS) is 24.6. The van der Waals surface area contributed by atoms with Crippen molar-refractivity contribution in [2.75, 3.05) is 6.61 Å². The molecule has 0 bridgehead atoms. The molecule has 2 N–H and O–H groups in total. The average Bonchev–Trinajstić information content (AvgIpc) is 2.29. The van der Waals surface area contributed by atoms with Gasteiger partial charge in [0.1, 0.15) is 5.82 Å². The van der Waals surface area contributed by atoms with Crippen LogP contribution in [0.2, 0.25) is 0 Å². The minimum atomic E-state index is -0.145. The van der Waals surface area contributed by atoms with Gasteiger partial charge < -0.3 is 10.5 Å². The number of hydrogen-bond acceptors (Lipinski definition) is 2. The van der Waals surface area contributed by atoms with Gasteiger partial charge in [0.25, 0.3) is 0 Å². The van der Waals surface area contributed by atoms with Crippen molar-refractivity contribution in [3.8, 4) is 0 Å². The minimum absolute atomic E-state index is 0.0504. The van der Waals surface area contributed by atoms with E-state index in [0.29, 0.717) is 18.4 Å². The first kappa shape index (κ1) is 13.5. The van der Waals surface area contributed by atoms with E-state index in [9.17, 15) is 4.39 Å². The van der Waals surface area contributed by atoms with Gasteiger partial charge in [-0.1, -0.05) is 18.2 Å². The highest BCUT2D eigenvalue weighted by Gasteiger charge is 2.30. The van der Waals surface area contributed by atoms with Crippen molar-refractivity contribution in [2.24, 2.45) is 11.7 Å². The smallest absolute Gasteiger partial charge is 0.126 e. The highest BCUT2D eigenvalue weighted by molar-refractivity contribution is 5.18. The van der Waals surface area contributed by atoms with Crippen LogP contribution in [0.4, 0.5) is 4.39 Å². The van der Waals surface area contributed by atoms with E-state index in [-0.39, 0.29) is 11.9 Å². The third-order valence-corrected chi connectivity index (χ3v) is 3.67. The first-order chi connectivity index (χ1) is 8.69. The Balaban J connectivity index is 1.73. The molecule has 1 atom stereocenters. The Kier molecular flexibility index (Phi) is 4.72. The lowest BCUT2D eigenvalue weighted by atomic mass is 9.77. The molecular formula is C15H22FNO. The molecule has 0 saturated heterocycles. The van der Waals surface area contributed by atoms with Crippen LogP contribution in [0, 0.1) is 11.7 Å². The second kappa shape index (κ2) is 6.30. The second-order valence-corrected chi connectivity index (χ2v) is 5.21. The van der Waals surface area contributed by atoms with Crippen LogP contribution in [0.15, 0.2) is 24.3 Å². The van der Waals surface area contributed by atoms with Crippen LogP contribution >= 0.6 is 0 Å². The molecule has 2 rings (SSSR count). The van der Waals surface area contributed by atoms with Crippen molar-refractivity contribution < 1.29 is 9.13 Å². The third kappa shape index (κ3) is 3.53. The van der Waals surface area contributed by atoms with Gasteiger partial charge >= 0.3 is 0 Å². The SMILES string of the molecule is CCOC1CC(CC(N)Cc2ccccc2F)C1. The summed E-state index contributed by atoms with van der Waals surface area (Å²) in [6.07, 6.45) is 4.25. The second-order valence-electron chi connectivity index (χ2n) is 5.21. The van der Waals surface area contributed by atoms with Crippen molar-refractivity contribution >= 4 is 0 Å². The Morgan fingerprint density at radius 1 is 1.39 bits per heavy atom. The molecule has 0 amide bonds. The lowest BCUT2D eigenvalue weighted by molar-refractivity contribution is -0.0281. The van der Waals surface area contributed by atoms with Gasteiger partial charge in [0.05, 0.1) is 6.10 Å². The summed E-state index contributed by atoms with van der Waals surface area (Å²) in [5.74, 6) is 0.511. The van der Waals surface area contributed by atoms with Crippen LogP contribution in [0.5, 0.6) is 0 Å². The number of benzene rings is 1. The molecule has 0 spiro atoms. The Labute approximate surface area is 108 Å². The molecule has 1 aromatic carbocycles. The molecular weight excluding hydrogens is 229 g/mol. The quantitative estimate of drug-likeness (QED) is 0.843. The number of nitrogens with two attached hydrogens (primary N) is 1. The molecule has 0 aromatic heterocycles.